The van der Waals surface area contributed by atoms with Crippen LogP contribution in [0.4, 0.5) is 5.69 Å². The number of hydrogen-bond donors (Lipinski definition) is 1. The minimum atomic E-state index is -4.14. The second kappa shape index (κ2) is 14.7. The number of ether oxygens (including phenoxy) is 1. The Labute approximate surface area is 241 Å². The number of nitrogens with one attached hydrogen (secondary N) is 1. The monoisotopic (exact) mass is 585 g/mol. The number of rotatable bonds is 14. The molecule has 8 nitrogen and oxygen atoms in total. The molecule has 3 aromatic rings. The van der Waals surface area contributed by atoms with Crippen molar-refractivity contribution in [2.75, 3.05) is 24.5 Å². The molecule has 0 saturated carbocycles. The van der Waals surface area contributed by atoms with Crippen LogP contribution in [-0.4, -0.2) is 51.4 Å². The zero-order valence-corrected chi connectivity index (χ0v) is 24.6. The van der Waals surface area contributed by atoms with Crippen LogP contribution in [0.15, 0.2) is 83.8 Å². The minimum absolute atomic E-state index is 0.0126. The van der Waals surface area contributed by atoms with E-state index in [9.17, 15) is 18.0 Å². The molecular formula is C30H36ClN3O5S. The van der Waals surface area contributed by atoms with Gasteiger partial charge >= 0.3 is 0 Å². The first-order valence-corrected chi connectivity index (χ1v) is 15.1. The Bertz CT molecular complexity index is 1350. The number of nitrogens with zero attached hydrogens (tertiary/aromatic N) is 2. The summed E-state index contributed by atoms with van der Waals surface area (Å²) in [4.78, 5) is 28.7. The summed E-state index contributed by atoms with van der Waals surface area (Å²) in [5.41, 5.74) is 1.10. The Morgan fingerprint density at radius 1 is 0.950 bits per heavy atom. The minimum Gasteiger partial charge on any atom is -0.497 e. The molecule has 40 heavy (non-hydrogen) atoms. The molecule has 0 aliphatic carbocycles. The Hall–Kier alpha value is -3.56. The lowest BCUT2D eigenvalue weighted by atomic mass is 10.1. The highest BCUT2D eigenvalue weighted by Crippen LogP contribution is 2.26. The number of benzene rings is 3. The molecule has 0 aliphatic heterocycles. The lowest BCUT2D eigenvalue weighted by Gasteiger charge is -2.33. The number of methoxy groups -OCH3 is 1. The highest BCUT2D eigenvalue weighted by molar-refractivity contribution is 7.92. The van der Waals surface area contributed by atoms with Crippen molar-refractivity contribution in [3.05, 3.63) is 89.4 Å². The van der Waals surface area contributed by atoms with Gasteiger partial charge in [0, 0.05) is 18.1 Å². The summed E-state index contributed by atoms with van der Waals surface area (Å²) in [5, 5.41) is 3.47. The number of carbonyl (C=O) groups excluding carboxylic acids is 2. The molecule has 1 atom stereocenters. The SMILES string of the molecule is CCCCNC(=O)C(CC)N(Cc1ccc(Cl)cc1)C(=O)CN(c1ccccc1)S(=O)(=O)c1ccc(OC)cc1. The van der Waals surface area contributed by atoms with Crippen LogP contribution in [-0.2, 0) is 26.2 Å². The van der Waals surface area contributed by atoms with Gasteiger partial charge in [-0.05, 0) is 66.9 Å². The van der Waals surface area contributed by atoms with Gasteiger partial charge in [0.05, 0.1) is 17.7 Å². The molecule has 0 radical (unpaired) electrons. The molecule has 2 amide bonds. The topological polar surface area (TPSA) is 96.0 Å². The van der Waals surface area contributed by atoms with E-state index in [0.29, 0.717) is 29.4 Å². The number of para-hydroxylation sites is 1. The van der Waals surface area contributed by atoms with E-state index < -0.39 is 28.5 Å². The molecule has 0 aliphatic rings. The van der Waals surface area contributed by atoms with Crippen LogP contribution in [0.3, 0.4) is 0 Å². The number of carbonyl (C=O) groups is 2. The maximum Gasteiger partial charge on any atom is 0.264 e. The van der Waals surface area contributed by atoms with Gasteiger partial charge in [-0.25, -0.2) is 8.42 Å². The molecule has 0 heterocycles. The van der Waals surface area contributed by atoms with Gasteiger partial charge in [-0.3, -0.25) is 13.9 Å². The fourth-order valence-corrected chi connectivity index (χ4v) is 5.75. The van der Waals surface area contributed by atoms with Crippen LogP contribution in [0.1, 0.15) is 38.7 Å². The molecule has 0 saturated heterocycles. The van der Waals surface area contributed by atoms with Crippen molar-refractivity contribution in [1.29, 1.82) is 0 Å². The zero-order valence-electron chi connectivity index (χ0n) is 23.0. The van der Waals surface area contributed by atoms with Crippen LogP contribution in [0.5, 0.6) is 5.75 Å². The first kappa shape index (κ1) is 31.0. The average molecular weight is 586 g/mol. The van der Waals surface area contributed by atoms with Crippen molar-refractivity contribution < 1.29 is 22.7 Å². The fourth-order valence-electron chi connectivity index (χ4n) is 4.21. The van der Waals surface area contributed by atoms with Crippen molar-refractivity contribution in [3.8, 4) is 5.75 Å². The summed E-state index contributed by atoms with van der Waals surface area (Å²) in [5.74, 6) is -0.272. The highest BCUT2D eigenvalue weighted by atomic mass is 35.5. The first-order chi connectivity index (χ1) is 19.2. The molecule has 214 valence electrons. The third-order valence-corrected chi connectivity index (χ3v) is 8.49. The van der Waals surface area contributed by atoms with Crippen LogP contribution < -0.4 is 14.4 Å². The van der Waals surface area contributed by atoms with E-state index in [4.69, 9.17) is 16.3 Å². The lowest BCUT2D eigenvalue weighted by Crippen LogP contribution is -2.52. The second-order valence-electron chi connectivity index (χ2n) is 9.24. The normalized spacial score (nSPS) is 11.9. The van der Waals surface area contributed by atoms with Crippen molar-refractivity contribution in [3.63, 3.8) is 0 Å². The summed E-state index contributed by atoms with van der Waals surface area (Å²) < 4.78 is 34.0. The van der Waals surface area contributed by atoms with E-state index in [0.717, 1.165) is 22.7 Å². The van der Waals surface area contributed by atoms with Crippen LogP contribution in [0, 0.1) is 0 Å². The molecule has 10 heteroatoms. The summed E-state index contributed by atoms with van der Waals surface area (Å²) in [6.07, 6.45) is 2.09. The summed E-state index contributed by atoms with van der Waals surface area (Å²) >= 11 is 6.06. The third kappa shape index (κ3) is 7.99. The van der Waals surface area contributed by atoms with Crippen molar-refractivity contribution in [2.24, 2.45) is 0 Å². The highest BCUT2D eigenvalue weighted by Gasteiger charge is 2.33. The van der Waals surface area contributed by atoms with Crippen molar-refractivity contribution in [2.45, 2.75) is 50.6 Å². The Kier molecular flexibility index (Phi) is 11.4. The molecule has 0 fully saturated rings. The van der Waals surface area contributed by atoms with E-state index in [1.54, 1.807) is 66.7 Å². The maximum atomic E-state index is 14.0. The van der Waals surface area contributed by atoms with E-state index in [1.807, 2.05) is 13.8 Å². The number of amides is 2. The van der Waals surface area contributed by atoms with Gasteiger partial charge in [0.2, 0.25) is 11.8 Å². The first-order valence-electron chi connectivity index (χ1n) is 13.2. The third-order valence-electron chi connectivity index (χ3n) is 6.45. The molecule has 3 rings (SSSR count). The molecule has 0 aromatic heterocycles. The Balaban J connectivity index is 2.00. The van der Waals surface area contributed by atoms with E-state index in [2.05, 4.69) is 5.32 Å². The molecule has 1 N–H and O–H groups in total. The fraction of sp³-hybridized carbons (Fsp3) is 0.333. The second-order valence-corrected chi connectivity index (χ2v) is 11.5. The van der Waals surface area contributed by atoms with Gasteiger partial charge in [0.15, 0.2) is 0 Å². The van der Waals surface area contributed by atoms with Crippen LogP contribution in [0.25, 0.3) is 0 Å². The average Bonchev–Trinajstić information content (AvgIpc) is 2.97. The molecule has 3 aromatic carbocycles. The van der Waals surface area contributed by atoms with E-state index in [1.165, 1.54) is 24.1 Å². The largest absolute Gasteiger partial charge is 0.497 e. The predicted molar refractivity (Wildman–Crippen MR) is 158 cm³/mol. The van der Waals surface area contributed by atoms with Crippen molar-refractivity contribution >= 4 is 39.1 Å². The maximum absolute atomic E-state index is 14.0. The molecular weight excluding hydrogens is 550 g/mol. The smallest absolute Gasteiger partial charge is 0.264 e. The number of sulfonamides is 1. The quantitative estimate of drug-likeness (QED) is 0.260. The Morgan fingerprint density at radius 3 is 2.17 bits per heavy atom. The van der Waals surface area contributed by atoms with Crippen LogP contribution >= 0.6 is 11.6 Å². The van der Waals surface area contributed by atoms with Crippen LogP contribution in [0.2, 0.25) is 5.02 Å². The summed E-state index contributed by atoms with van der Waals surface area (Å²) in [6.45, 7) is 3.97. The number of unbranched alkanes of at least 4 members (excludes halogenated alkanes) is 1. The number of anilines is 1. The number of hydrogen-bond acceptors (Lipinski definition) is 5. The summed E-state index contributed by atoms with van der Waals surface area (Å²) in [7, 11) is -2.65. The van der Waals surface area contributed by atoms with Gasteiger partial charge in [-0.1, -0.05) is 62.2 Å². The molecule has 0 spiro atoms. The van der Waals surface area contributed by atoms with Gasteiger partial charge in [0.1, 0.15) is 18.3 Å². The Morgan fingerprint density at radius 2 is 1.60 bits per heavy atom. The van der Waals surface area contributed by atoms with E-state index >= 15 is 0 Å². The van der Waals surface area contributed by atoms with Crippen molar-refractivity contribution in [1.82, 2.24) is 10.2 Å². The summed E-state index contributed by atoms with van der Waals surface area (Å²) in [6, 6.07) is 20.6. The number of halogens is 1. The zero-order chi connectivity index (χ0) is 29.1. The standard InChI is InChI=1S/C30H36ClN3O5S/c1-4-6-20-32-30(36)28(5-2)33(21-23-12-14-24(31)15-13-23)29(35)22-34(25-10-8-7-9-11-25)40(37,38)27-18-16-26(39-3)17-19-27/h7-19,28H,4-6,20-22H2,1-3H3,(H,32,36). The molecule has 0 bridgehead atoms. The predicted octanol–water partition coefficient (Wildman–Crippen LogP) is 5.27. The van der Waals surface area contributed by atoms with Gasteiger partial charge in [0.25, 0.3) is 10.0 Å². The van der Waals surface area contributed by atoms with E-state index in [-0.39, 0.29) is 17.3 Å². The van der Waals surface area contributed by atoms with Gasteiger partial charge < -0.3 is 15.0 Å². The van der Waals surface area contributed by atoms with Gasteiger partial charge in [-0.15, -0.1) is 0 Å². The lowest BCUT2D eigenvalue weighted by molar-refractivity contribution is -0.140. The molecule has 1 unspecified atom stereocenters. The van der Waals surface area contributed by atoms with Gasteiger partial charge in [-0.2, -0.15) is 0 Å².